The quantitative estimate of drug-likeness (QED) is 0.380. The Morgan fingerprint density at radius 1 is 0.788 bits per heavy atom. The molecule has 4 rings (SSSR count). The van der Waals surface area contributed by atoms with Gasteiger partial charge >= 0.3 is 0 Å². The number of halogens is 1. The van der Waals surface area contributed by atoms with Gasteiger partial charge in [-0.25, -0.2) is 9.37 Å². The van der Waals surface area contributed by atoms with Crippen molar-refractivity contribution in [3.05, 3.63) is 120 Å². The number of nitrogens with one attached hydrogen (secondary N) is 1. The Kier molecular flexibility index (Phi) is 9.03. The molecule has 5 nitrogen and oxygen atoms in total. The lowest BCUT2D eigenvalue weighted by molar-refractivity contribution is 0.311. The van der Waals surface area contributed by atoms with Gasteiger partial charge in [0.1, 0.15) is 11.6 Å². The van der Waals surface area contributed by atoms with Crippen LogP contribution in [-0.2, 0) is 0 Å². The lowest BCUT2D eigenvalue weighted by atomic mass is 9.74. The molecule has 0 amide bonds. The van der Waals surface area contributed by atoms with Crippen molar-refractivity contribution in [1.82, 2.24) is 15.0 Å². The van der Waals surface area contributed by atoms with E-state index in [1.807, 2.05) is 74.8 Å². The lowest BCUT2D eigenvalue weighted by Crippen LogP contribution is -2.18. The van der Waals surface area contributed by atoms with Crippen molar-refractivity contribution in [2.75, 3.05) is 18.5 Å². The fourth-order valence-corrected chi connectivity index (χ4v) is 3.91. The summed E-state index contributed by atoms with van der Waals surface area (Å²) in [6.45, 7) is 4.37. The third-order valence-corrected chi connectivity index (χ3v) is 5.23. The maximum Gasteiger partial charge on any atom is 0.129 e. The molecule has 6 heteroatoms. The summed E-state index contributed by atoms with van der Waals surface area (Å²) in [5.41, 5.74) is 3.92. The Bertz CT molecular complexity index is 1050. The topological polar surface area (TPSA) is 70.9 Å². The number of pyridine rings is 3. The molecule has 0 aliphatic rings. The van der Waals surface area contributed by atoms with E-state index in [-0.39, 0.29) is 24.3 Å². The van der Waals surface area contributed by atoms with Gasteiger partial charge in [0, 0.05) is 54.9 Å². The first-order valence-electron chi connectivity index (χ1n) is 11.1. The highest BCUT2D eigenvalue weighted by Crippen LogP contribution is 2.44. The summed E-state index contributed by atoms with van der Waals surface area (Å²) in [6.07, 6.45) is 8.91. The van der Waals surface area contributed by atoms with Crippen LogP contribution in [-0.4, -0.2) is 33.2 Å². The van der Waals surface area contributed by atoms with Crippen molar-refractivity contribution in [3.8, 4) is 0 Å². The van der Waals surface area contributed by atoms with Crippen LogP contribution in [0.15, 0.2) is 91.6 Å². The zero-order valence-electron chi connectivity index (χ0n) is 18.9. The number of rotatable bonds is 8. The van der Waals surface area contributed by atoms with E-state index in [1.165, 1.54) is 12.1 Å². The fourth-order valence-electron chi connectivity index (χ4n) is 3.91. The van der Waals surface area contributed by atoms with Crippen LogP contribution in [0.4, 0.5) is 10.2 Å². The normalized spacial score (nSPS) is 11.4. The molecule has 0 spiro atoms. The van der Waals surface area contributed by atoms with E-state index >= 15 is 0 Å². The maximum absolute atomic E-state index is 13.8. The van der Waals surface area contributed by atoms with Crippen molar-refractivity contribution >= 4 is 5.82 Å². The Labute approximate surface area is 194 Å². The van der Waals surface area contributed by atoms with Gasteiger partial charge in [-0.15, -0.1) is 0 Å². The molecule has 0 radical (unpaired) electrons. The number of aliphatic hydroxyl groups excluding tert-OH is 1. The molecule has 3 heterocycles. The number of hydrogen-bond donors (Lipinski definition) is 2. The second-order valence-electron chi connectivity index (χ2n) is 7.17. The van der Waals surface area contributed by atoms with Gasteiger partial charge in [0.15, 0.2) is 0 Å². The minimum absolute atomic E-state index is 0.00807. The minimum atomic E-state index is -0.286. The standard InChI is InChI=1S/C25H23FN4O.C2H6/c26-21-9-7-18(8-10-21)24(22-6-3-13-29-25(22)30-14-15-31)23(19-4-1-11-27-16-19)20-5-2-12-28-17-20;1-2/h1-13,16-17,23-24,31H,14-15H2,(H,29,30);1-2H3. The maximum atomic E-state index is 13.8. The van der Waals surface area contributed by atoms with Crippen LogP contribution in [0.5, 0.6) is 0 Å². The predicted octanol–water partition coefficient (Wildman–Crippen LogP) is 5.41. The molecule has 0 saturated heterocycles. The molecular weight excluding hydrogens is 415 g/mol. The van der Waals surface area contributed by atoms with Gasteiger partial charge < -0.3 is 10.4 Å². The summed E-state index contributed by atoms with van der Waals surface area (Å²) in [7, 11) is 0. The molecule has 0 saturated carbocycles. The summed E-state index contributed by atoms with van der Waals surface area (Å²) in [5, 5.41) is 12.5. The first-order valence-corrected chi connectivity index (χ1v) is 11.1. The molecule has 1 atom stereocenters. The van der Waals surface area contributed by atoms with Crippen LogP contribution in [0.1, 0.15) is 47.9 Å². The highest BCUT2D eigenvalue weighted by atomic mass is 19.1. The zero-order chi connectivity index (χ0) is 23.5. The smallest absolute Gasteiger partial charge is 0.129 e. The van der Waals surface area contributed by atoms with Gasteiger partial charge in [-0.3, -0.25) is 9.97 Å². The van der Waals surface area contributed by atoms with Crippen molar-refractivity contribution in [2.24, 2.45) is 0 Å². The Balaban J connectivity index is 0.00000149. The van der Waals surface area contributed by atoms with Crippen molar-refractivity contribution < 1.29 is 9.50 Å². The number of benzene rings is 1. The van der Waals surface area contributed by atoms with Crippen molar-refractivity contribution in [1.29, 1.82) is 0 Å². The fraction of sp³-hybridized carbons (Fsp3) is 0.222. The van der Waals surface area contributed by atoms with Crippen molar-refractivity contribution in [2.45, 2.75) is 25.7 Å². The summed E-state index contributed by atoms with van der Waals surface area (Å²) in [5.74, 6) is 0.0749. The average Bonchev–Trinajstić information content (AvgIpc) is 2.89. The molecule has 1 unspecified atom stereocenters. The Hall–Kier alpha value is -3.64. The monoisotopic (exact) mass is 444 g/mol. The third kappa shape index (κ3) is 5.99. The Morgan fingerprint density at radius 2 is 1.39 bits per heavy atom. The molecule has 2 N–H and O–H groups in total. The van der Waals surface area contributed by atoms with Crippen LogP contribution >= 0.6 is 0 Å². The van der Waals surface area contributed by atoms with E-state index < -0.39 is 0 Å². The van der Waals surface area contributed by atoms with Gasteiger partial charge in [-0.1, -0.05) is 44.2 Å². The average molecular weight is 445 g/mol. The van der Waals surface area contributed by atoms with Gasteiger partial charge in [-0.05, 0) is 47.0 Å². The molecule has 0 fully saturated rings. The molecule has 170 valence electrons. The first-order chi connectivity index (χ1) is 16.3. The molecule has 4 aromatic rings. The molecule has 0 aliphatic carbocycles. The van der Waals surface area contributed by atoms with E-state index in [1.54, 1.807) is 18.6 Å². The van der Waals surface area contributed by atoms with Crippen LogP contribution in [0.25, 0.3) is 0 Å². The van der Waals surface area contributed by atoms with Gasteiger partial charge in [-0.2, -0.15) is 0 Å². The van der Waals surface area contributed by atoms with Crippen molar-refractivity contribution in [3.63, 3.8) is 0 Å². The van der Waals surface area contributed by atoms with E-state index in [9.17, 15) is 9.50 Å². The van der Waals surface area contributed by atoms with Gasteiger partial charge in [0.2, 0.25) is 0 Å². The second-order valence-corrected chi connectivity index (χ2v) is 7.17. The highest BCUT2D eigenvalue weighted by Gasteiger charge is 2.30. The number of aliphatic hydroxyl groups is 1. The Morgan fingerprint density at radius 3 is 1.94 bits per heavy atom. The molecule has 1 aromatic carbocycles. The number of anilines is 1. The van der Waals surface area contributed by atoms with Gasteiger partial charge in [0.25, 0.3) is 0 Å². The highest BCUT2D eigenvalue weighted by molar-refractivity contribution is 5.53. The van der Waals surface area contributed by atoms with Crippen LogP contribution in [0.2, 0.25) is 0 Å². The van der Waals surface area contributed by atoms with E-state index in [0.717, 1.165) is 22.3 Å². The first kappa shape index (κ1) is 24.0. The SMILES string of the molecule is CC.OCCNc1ncccc1C(c1ccc(F)cc1)C(c1cccnc1)c1cccnc1. The third-order valence-electron chi connectivity index (χ3n) is 5.23. The molecule has 33 heavy (non-hydrogen) atoms. The van der Waals surface area contributed by atoms with Crippen LogP contribution < -0.4 is 5.32 Å². The molecular formula is C27H29FN4O. The van der Waals surface area contributed by atoms with Crippen LogP contribution in [0, 0.1) is 5.82 Å². The predicted molar refractivity (Wildman–Crippen MR) is 130 cm³/mol. The largest absolute Gasteiger partial charge is 0.395 e. The minimum Gasteiger partial charge on any atom is -0.395 e. The number of nitrogens with zero attached hydrogens (tertiary/aromatic N) is 3. The summed E-state index contributed by atoms with van der Waals surface area (Å²) in [4.78, 5) is 13.2. The van der Waals surface area contributed by atoms with E-state index in [2.05, 4.69) is 20.3 Å². The van der Waals surface area contributed by atoms with E-state index in [4.69, 9.17) is 0 Å². The number of aromatic nitrogens is 3. The molecule has 0 aliphatic heterocycles. The zero-order valence-corrected chi connectivity index (χ0v) is 18.9. The summed E-state index contributed by atoms with van der Waals surface area (Å²) < 4.78 is 13.8. The van der Waals surface area contributed by atoms with Crippen LogP contribution in [0.3, 0.4) is 0 Å². The van der Waals surface area contributed by atoms with Gasteiger partial charge in [0.05, 0.1) is 6.61 Å². The second kappa shape index (κ2) is 12.4. The molecule has 0 bridgehead atoms. The lowest BCUT2D eigenvalue weighted by Gasteiger charge is -2.30. The summed E-state index contributed by atoms with van der Waals surface area (Å²) in [6, 6.07) is 18.4. The number of hydrogen-bond acceptors (Lipinski definition) is 5. The van der Waals surface area contributed by atoms with E-state index in [0.29, 0.717) is 12.4 Å². The summed E-state index contributed by atoms with van der Waals surface area (Å²) >= 11 is 0. The molecule has 3 aromatic heterocycles.